The number of cyclic esters (lactones) is 1. The number of carbonyl (C=O) groups is 3. The maximum atomic E-state index is 12.8. The molecule has 1 aliphatic heterocycles. The van der Waals surface area contributed by atoms with Gasteiger partial charge in [-0.15, -0.1) is 0 Å². The predicted octanol–water partition coefficient (Wildman–Crippen LogP) is 3.52. The molecule has 30 heavy (non-hydrogen) atoms. The number of ketones is 1. The summed E-state index contributed by atoms with van der Waals surface area (Å²) in [6, 6.07) is 0. The van der Waals surface area contributed by atoms with Crippen LogP contribution in [0, 0.1) is 23.2 Å². The molecule has 6 heteroatoms. The summed E-state index contributed by atoms with van der Waals surface area (Å²) in [6.07, 6.45) is 7.36. The van der Waals surface area contributed by atoms with Crippen LogP contribution in [-0.2, 0) is 23.9 Å². The Morgan fingerprint density at radius 3 is 2.70 bits per heavy atom. The molecular weight excluding hydrogens is 384 g/mol. The standard InChI is InChI=1S/C24H34O6/c1-5-24(3,4)23(28)30-20-8-6-7-15-11-19(26)14(2)18(22(15)20)10-9-17-12-16(25)13-21(27)29-17/h6-7,11,14,16-18,20,22,25H,5,8-10,12-13H2,1-4H3/t14-,16-,17-,18+,20+,22+/m1/s1. The molecule has 3 aliphatic rings. The van der Waals surface area contributed by atoms with E-state index in [4.69, 9.17) is 9.47 Å². The molecular formula is C24H34O6. The summed E-state index contributed by atoms with van der Waals surface area (Å²) in [7, 11) is 0. The van der Waals surface area contributed by atoms with E-state index in [9.17, 15) is 19.5 Å². The molecule has 1 N–H and O–H groups in total. The van der Waals surface area contributed by atoms with Gasteiger partial charge < -0.3 is 14.6 Å². The Bertz CT molecular complexity index is 749. The van der Waals surface area contributed by atoms with E-state index < -0.39 is 11.5 Å². The fraction of sp³-hybridized carbons (Fsp3) is 0.708. The summed E-state index contributed by atoms with van der Waals surface area (Å²) >= 11 is 0. The Hall–Kier alpha value is -1.95. The Morgan fingerprint density at radius 2 is 2.03 bits per heavy atom. The lowest BCUT2D eigenvalue weighted by Crippen LogP contribution is -2.44. The van der Waals surface area contributed by atoms with Gasteiger partial charge in [0.25, 0.3) is 0 Å². The number of hydrogen-bond donors (Lipinski definition) is 1. The molecule has 6 atom stereocenters. The summed E-state index contributed by atoms with van der Waals surface area (Å²) in [4.78, 5) is 37.0. The summed E-state index contributed by atoms with van der Waals surface area (Å²) in [6.45, 7) is 7.67. The van der Waals surface area contributed by atoms with Gasteiger partial charge in [0.2, 0.25) is 0 Å². The van der Waals surface area contributed by atoms with Crippen molar-refractivity contribution in [1.29, 1.82) is 0 Å². The zero-order valence-electron chi connectivity index (χ0n) is 18.4. The SMILES string of the molecule is CCC(C)(C)C(=O)O[C@H]1CC=CC2=CC(=O)[C@H](C)[C@H](CC[C@@H]3C[C@@H](O)CC(=O)O3)[C@H]21. The lowest BCUT2D eigenvalue weighted by molar-refractivity contribution is -0.165. The van der Waals surface area contributed by atoms with Gasteiger partial charge in [-0.2, -0.15) is 0 Å². The number of rotatable bonds is 6. The van der Waals surface area contributed by atoms with Crippen molar-refractivity contribution in [3.63, 3.8) is 0 Å². The first-order chi connectivity index (χ1) is 14.1. The second kappa shape index (κ2) is 9.04. The molecule has 1 heterocycles. The van der Waals surface area contributed by atoms with Crippen LogP contribution in [0.25, 0.3) is 0 Å². The minimum atomic E-state index is -0.667. The molecule has 0 bridgehead atoms. The van der Waals surface area contributed by atoms with Crippen LogP contribution in [0.2, 0.25) is 0 Å². The molecule has 0 saturated carbocycles. The van der Waals surface area contributed by atoms with Gasteiger partial charge in [-0.1, -0.05) is 26.0 Å². The van der Waals surface area contributed by atoms with Crippen LogP contribution < -0.4 is 0 Å². The van der Waals surface area contributed by atoms with Crippen LogP contribution in [0.3, 0.4) is 0 Å². The van der Waals surface area contributed by atoms with Gasteiger partial charge >= 0.3 is 11.9 Å². The maximum absolute atomic E-state index is 12.8. The average molecular weight is 419 g/mol. The second-order valence-electron chi connectivity index (χ2n) is 9.63. The molecule has 3 rings (SSSR count). The highest BCUT2D eigenvalue weighted by molar-refractivity contribution is 5.94. The number of aliphatic hydroxyl groups is 1. The summed E-state index contributed by atoms with van der Waals surface area (Å²) in [5.74, 6) is -0.767. The van der Waals surface area contributed by atoms with Crippen molar-refractivity contribution in [2.45, 2.75) is 84.5 Å². The number of hydrogen-bond acceptors (Lipinski definition) is 6. The minimum absolute atomic E-state index is 0.0113. The van der Waals surface area contributed by atoms with E-state index in [0.717, 1.165) is 5.57 Å². The number of ether oxygens (including phenoxy) is 2. The summed E-state index contributed by atoms with van der Waals surface area (Å²) < 4.78 is 11.4. The highest BCUT2D eigenvalue weighted by atomic mass is 16.6. The van der Waals surface area contributed by atoms with E-state index in [1.165, 1.54) is 0 Å². The lowest BCUT2D eigenvalue weighted by atomic mass is 9.65. The van der Waals surface area contributed by atoms with Crippen LogP contribution in [-0.4, -0.2) is 41.1 Å². The van der Waals surface area contributed by atoms with Crippen molar-refractivity contribution in [2.75, 3.05) is 0 Å². The van der Waals surface area contributed by atoms with E-state index in [1.807, 2.05) is 39.8 Å². The van der Waals surface area contributed by atoms with E-state index in [-0.39, 0.29) is 54.1 Å². The number of allylic oxidation sites excluding steroid dienone is 2. The van der Waals surface area contributed by atoms with E-state index in [1.54, 1.807) is 6.08 Å². The van der Waals surface area contributed by atoms with Crippen molar-refractivity contribution < 1.29 is 29.0 Å². The van der Waals surface area contributed by atoms with Crippen LogP contribution >= 0.6 is 0 Å². The van der Waals surface area contributed by atoms with Gasteiger partial charge in [0, 0.05) is 24.7 Å². The fourth-order valence-corrected chi connectivity index (χ4v) is 4.70. The van der Waals surface area contributed by atoms with E-state index in [2.05, 4.69) is 0 Å². The van der Waals surface area contributed by atoms with Crippen molar-refractivity contribution >= 4 is 17.7 Å². The molecule has 6 nitrogen and oxygen atoms in total. The predicted molar refractivity (Wildman–Crippen MR) is 111 cm³/mol. The second-order valence-corrected chi connectivity index (χ2v) is 9.63. The number of esters is 2. The molecule has 0 radical (unpaired) electrons. The lowest BCUT2D eigenvalue weighted by Gasteiger charge is -2.42. The monoisotopic (exact) mass is 418 g/mol. The molecule has 2 aliphatic carbocycles. The molecule has 0 aromatic carbocycles. The Morgan fingerprint density at radius 1 is 1.30 bits per heavy atom. The molecule has 0 aromatic rings. The third kappa shape index (κ3) is 4.85. The normalized spacial score (nSPS) is 34.1. The number of carbonyl (C=O) groups excluding carboxylic acids is 3. The minimum Gasteiger partial charge on any atom is -0.462 e. The fourth-order valence-electron chi connectivity index (χ4n) is 4.70. The van der Waals surface area contributed by atoms with Crippen molar-refractivity contribution in [1.82, 2.24) is 0 Å². The topological polar surface area (TPSA) is 89.9 Å². The van der Waals surface area contributed by atoms with Crippen molar-refractivity contribution in [3.8, 4) is 0 Å². The first kappa shape index (κ1) is 22.7. The molecule has 0 aromatic heterocycles. The molecule has 0 spiro atoms. The largest absolute Gasteiger partial charge is 0.462 e. The molecule has 0 unspecified atom stereocenters. The zero-order valence-corrected chi connectivity index (χ0v) is 18.4. The molecule has 1 saturated heterocycles. The first-order valence-electron chi connectivity index (χ1n) is 11.1. The quantitative estimate of drug-likeness (QED) is 0.664. The third-order valence-electron chi connectivity index (χ3n) is 7.08. The van der Waals surface area contributed by atoms with Crippen LogP contribution in [0.15, 0.2) is 23.8 Å². The Labute approximate surface area is 178 Å². The highest BCUT2D eigenvalue weighted by Crippen LogP contribution is 2.44. The smallest absolute Gasteiger partial charge is 0.311 e. The average Bonchev–Trinajstić information content (AvgIpc) is 2.67. The number of fused-ring (bicyclic) bond motifs is 1. The Balaban J connectivity index is 1.77. The van der Waals surface area contributed by atoms with Gasteiger partial charge in [0.15, 0.2) is 5.78 Å². The van der Waals surface area contributed by atoms with Crippen molar-refractivity contribution in [2.24, 2.45) is 23.2 Å². The van der Waals surface area contributed by atoms with Crippen LogP contribution in [0.5, 0.6) is 0 Å². The van der Waals surface area contributed by atoms with Gasteiger partial charge in [-0.3, -0.25) is 14.4 Å². The van der Waals surface area contributed by atoms with E-state index >= 15 is 0 Å². The third-order valence-corrected chi connectivity index (χ3v) is 7.08. The zero-order chi connectivity index (χ0) is 22.1. The highest BCUT2D eigenvalue weighted by Gasteiger charge is 2.44. The first-order valence-corrected chi connectivity index (χ1v) is 11.1. The van der Waals surface area contributed by atoms with Gasteiger partial charge in [-0.25, -0.2) is 0 Å². The van der Waals surface area contributed by atoms with Gasteiger partial charge in [-0.05, 0) is 50.7 Å². The van der Waals surface area contributed by atoms with Crippen LogP contribution in [0.4, 0.5) is 0 Å². The molecule has 166 valence electrons. The van der Waals surface area contributed by atoms with Gasteiger partial charge in [0.1, 0.15) is 12.2 Å². The van der Waals surface area contributed by atoms with Gasteiger partial charge in [0.05, 0.1) is 17.9 Å². The summed E-state index contributed by atoms with van der Waals surface area (Å²) in [5.41, 5.74) is 0.366. The number of aliphatic hydroxyl groups excluding tert-OH is 1. The van der Waals surface area contributed by atoms with Crippen LogP contribution in [0.1, 0.15) is 66.2 Å². The molecule has 1 fully saturated rings. The molecule has 0 amide bonds. The maximum Gasteiger partial charge on any atom is 0.311 e. The summed E-state index contributed by atoms with van der Waals surface area (Å²) in [5, 5.41) is 9.88. The van der Waals surface area contributed by atoms with Crippen molar-refractivity contribution in [3.05, 3.63) is 23.8 Å². The van der Waals surface area contributed by atoms with E-state index in [0.29, 0.717) is 32.1 Å². The Kier molecular flexibility index (Phi) is 6.85.